The molecule has 0 unspecified atom stereocenters. The Morgan fingerprint density at radius 3 is 2.58 bits per heavy atom. The summed E-state index contributed by atoms with van der Waals surface area (Å²) in [6.45, 7) is 1.65. The molecule has 1 heterocycles. The van der Waals surface area contributed by atoms with Crippen LogP contribution in [0.25, 0.3) is 0 Å². The van der Waals surface area contributed by atoms with Crippen LogP contribution in [0.3, 0.4) is 0 Å². The number of hydrogen-bond donors (Lipinski definition) is 1. The van der Waals surface area contributed by atoms with Crippen LogP contribution in [0.15, 0.2) is 11.6 Å². The molecule has 2 nitrogen and oxygen atoms in total. The van der Waals surface area contributed by atoms with Gasteiger partial charge in [0.05, 0.1) is 4.58 Å². The summed E-state index contributed by atoms with van der Waals surface area (Å²) in [5.41, 5.74) is 0.460. The van der Waals surface area contributed by atoms with Gasteiger partial charge in [0.15, 0.2) is 0 Å². The van der Waals surface area contributed by atoms with Crippen LogP contribution >= 0.6 is 23.5 Å². The fourth-order valence-electron chi connectivity index (χ4n) is 0.878. The van der Waals surface area contributed by atoms with Gasteiger partial charge in [0.2, 0.25) is 0 Å². The van der Waals surface area contributed by atoms with Crippen molar-refractivity contribution in [3.8, 4) is 0 Å². The summed E-state index contributed by atoms with van der Waals surface area (Å²) < 4.78 is 0.356. The van der Waals surface area contributed by atoms with Crippen molar-refractivity contribution in [3.63, 3.8) is 0 Å². The van der Waals surface area contributed by atoms with Gasteiger partial charge in [0.25, 0.3) is 0 Å². The molecule has 0 aromatic carbocycles. The number of rotatable bonds is 2. The average Bonchev–Trinajstić information content (AvgIpc) is 2.06. The van der Waals surface area contributed by atoms with Gasteiger partial charge >= 0.3 is 5.97 Å². The Kier molecular flexibility index (Phi) is 4.01. The Labute approximate surface area is 80.8 Å². The molecule has 0 radical (unpaired) electrons. The molecule has 1 aliphatic rings. The lowest BCUT2D eigenvalue weighted by molar-refractivity contribution is -0.132. The van der Waals surface area contributed by atoms with Crippen LogP contribution < -0.4 is 0 Å². The lowest BCUT2D eigenvalue weighted by atomic mass is 10.3. The number of thioether (sulfide) groups is 2. The first-order valence-electron chi connectivity index (χ1n) is 3.85. The van der Waals surface area contributed by atoms with Crippen molar-refractivity contribution < 1.29 is 9.90 Å². The van der Waals surface area contributed by atoms with Gasteiger partial charge in [-0.3, -0.25) is 0 Å². The quantitative estimate of drug-likeness (QED) is 0.700. The maximum atomic E-state index is 10.5. The second-order valence-electron chi connectivity index (χ2n) is 2.62. The minimum Gasteiger partial charge on any atom is -0.478 e. The van der Waals surface area contributed by atoms with E-state index in [4.69, 9.17) is 5.11 Å². The zero-order valence-corrected chi connectivity index (χ0v) is 8.58. The average molecular weight is 204 g/mol. The van der Waals surface area contributed by atoms with Crippen molar-refractivity contribution in [2.24, 2.45) is 0 Å². The highest BCUT2D eigenvalue weighted by Crippen LogP contribution is 2.31. The molecule has 4 heteroatoms. The summed E-state index contributed by atoms with van der Waals surface area (Å²) in [5, 5.41) is 8.63. The monoisotopic (exact) mass is 204 g/mol. The molecular formula is C8H12O2S2. The molecule has 0 saturated carbocycles. The third-order valence-corrected chi connectivity index (χ3v) is 4.37. The number of carboxylic acid groups (broad SMARTS) is 1. The lowest BCUT2D eigenvalue weighted by Gasteiger charge is -2.17. The van der Waals surface area contributed by atoms with Gasteiger partial charge in [0, 0.05) is 5.57 Å². The standard InChI is InChI=1S/C8H12O2S2/c1-6(8(9)10)5-7-11-3-2-4-12-7/h5,7H,2-4H2,1H3,(H,9,10). The summed E-state index contributed by atoms with van der Waals surface area (Å²) in [7, 11) is 0. The predicted octanol–water partition coefficient (Wildman–Crippen LogP) is 2.21. The summed E-state index contributed by atoms with van der Waals surface area (Å²) >= 11 is 3.66. The molecule has 1 aliphatic heterocycles. The summed E-state index contributed by atoms with van der Waals surface area (Å²) in [5.74, 6) is 1.50. The minimum atomic E-state index is -0.804. The highest BCUT2D eigenvalue weighted by molar-refractivity contribution is 8.17. The van der Waals surface area contributed by atoms with E-state index in [-0.39, 0.29) is 0 Å². The fourth-order valence-corrected chi connectivity index (χ4v) is 3.71. The second kappa shape index (κ2) is 4.82. The Balaban J connectivity index is 2.47. The number of carboxylic acids is 1. The van der Waals surface area contributed by atoms with E-state index >= 15 is 0 Å². The van der Waals surface area contributed by atoms with Gasteiger partial charge in [-0.25, -0.2) is 4.79 Å². The van der Waals surface area contributed by atoms with Crippen molar-refractivity contribution >= 4 is 29.5 Å². The Morgan fingerprint density at radius 1 is 1.50 bits per heavy atom. The van der Waals surface area contributed by atoms with Gasteiger partial charge in [-0.05, 0) is 24.9 Å². The molecule has 0 atom stereocenters. The van der Waals surface area contributed by atoms with Gasteiger partial charge in [-0.15, -0.1) is 23.5 Å². The van der Waals surface area contributed by atoms with E-state index in [2.05, 4.69) is 0 Å². The smallest absolute Gasteiger partial charge is 0.331 e. The Hall–Kier alpha value is -0.0900. The minimum absolute atomic E-state index is 0.356. The molecule has 1 rings (SSSR count). The van der Waals surface area contributed by atoms with Crippen LogP contribution in [-0.2, 0) is 4.79 Å². The van der Waals surface area contributed by atoms with E-state index in [0.29, 0.717) is 10.2 Å². The molecule has 0 amide bonds. The van der Waals surface area contributed by atoms with Crippen LogP contribution in [0.1, 0.15) is 13.3 Å². The molecule has 1 N–H and O–H groups in total. The van der Waals surface area contributed by atoms with Gasteiger partial charge in [-0.2, -0.15) is 0 Å². The number of carbonyl (C=O) groups is 1. The molecule has 0 aliphatic carbocycles. The number of aliphatic carboxylic acids is 1. The third kappa shape index (κ3) is 3.11. The highest BCUT2D eigenvalue weighted by atomic mass is 32.2. The van der Waals surface area contributed by atoms with E-state index in [1.165, 1.54) is 6.42 Å². The van der Waals surface area contributed by atoms with E-state index in [1.54, 1.807) is 6.92 Å². The van der Waals surface area contributed by atoms with E-state index in [0.717, 1.165) is 11.5 Å². The van der Waals surface area contributed by atoms with Crippen molar-refractivity contribution in [2.45, 2.75) is 17.9 Å². The highest BCUT2D eigenvalue weighted by Gasteiger charge is 2.13. The fraction of sp³-hybridized carbons (Fsp3) is 0.625. The van der Waals surface area contributed by atoms with Crippen LogP contribution in [0.4, 0.5) is 0 Å². The molecule has 12 heavy (non-hydrogen) atoms. The molecule has 0 bridgehead atoms. The topological polar surface area (TPSA) is 37.3 Å². The van der Waals surface area contributed by atoms with E-state index in [1.807, 2.05) is 29.6 Å². The maximum absolute atomic E-state index is 10.5. The lowest BCUT2D eigenvalue weighted by Crippen LogP contribution is -2.06. The molecule has 68 valence electrons. The van der Waals surface area contributed by atoms with Crippen LogP contribution in [0.5, 0.6) is 0 Å². The molecular weight excluding hydrogens is 192 g/mol. The molecule has 1 fully saturated rings. The molecule has 0 aromatic heterocycles. The molecule has 1 saturated heterocycles. The Bertz CT molecular complexity index is 195. The van der Waals surface area contributed by atoms with Crippen molar-refractivity contribution in [1.82, 2.24) is 0 Å². The second-order valence-corrected chi connectivity index (χ2v) is 5.42. The zero-order valence-electron chi connectivity index (χ0n) is 6.95. The normalized spacial score (nSPS) is 20.9. The first-order valence-corrected chi connectivity index (χ1v) is 5.95. The first-order chi connectivity index (χ1) is 5.70. The van der Waals surface area contributed by atoms with Gasteiger partial charge in [-0.1, -0.05) is 6.08 Å². The SMILES string of the molecule is CC(=CC1SCCCS1)C(=O)O. The van der Waals surface area contributed by atoms with Crippen molar-refractivity contribution in [1.29, 1.82) is 0 Å². The third-order valence-electron chi connectivity index (χ3n) is 1.58. The predicted molar refractivity (Wildman–Crippen MR) is 54.7 cm³/mol. The van der Waals surface area contributed by atoms with E-state index < -0.39 is 5.97 Å². The van der Waals surface area contributed by atoms with Crippen LogP contribution in [0, 0.1) is 0 Å². The van der Waals surface area contributed by atoms with Crippen LogP contribution in [0.2, 0.25) is 0 Å². The van der Waals surface area contributed by atoms with Crippen molar-refractivity contribution in [2.75, 3.05) is 11.5 Å². The molecule has 0 aromatic rings. The van der Waals surface area contributed by atoms with Crippen molar-refractivity contribution in [3.05, 3.63) is 11.6 Å². The zero-order chi connectivity index (χ0) is 8.97. The van der Waals surface area contributed by atoms with Gasteiger partial charge in [0.1, 0.15) is 0 Å². The van der Waals surface area contributed by atoms with E-state index in [9.17, 15) is 4.79 Å². The summed E-state index contributed by atoms with van der Waals surface area (Å²) in [6, 6.07) is 0. The van der Waals surface area contributed by atoms with Gasteiger partial charge < -0.3 is 5.11 Å². The molecule has 0 spiro atoms. The van der Waals surface area contributed by atoms with Crippen LogP contribution in [-0.4, -0.2) is 27.2 Å². The summed E-state index contributed by atoms with van der Waals surface area (Å²) in [4.78, 5) is 10.5. The summed E-state index contributed by atoms with van der Waals surface area (Å²) in [6.07, 6.45) is 3.09. The first kappa shape index (κ1) is 9.99. The largest absolute Gasteiger partial charge is 0.478 e. The number of hydrogen-bond acceptors (Lipinski definition) is 3. The Morgan fingerprint density at radius 2 is 2.08 bits per heavy atom. The maximum Gasteiger partial charge on any atom is 0.331 e.